The quantitative estimate of drug-likeness (QED) is 0.329. The van der Waals surface area contributed by atoms with Gasteiger partial charge in [0.15, 0.2) is 0 Å². The van der Waals surface area contributed by atoms with Crippen molar-refractivity contribution in [2.75, 3.05) is 33.2 Å². The van der Waals surface area contributed by atoms with Gasteiger partial charge in [0.05, 0.1) is 0 Å². The highest BCUT2D eigenvalue weighted by Crippen LogP contribution is 2.17. The fourth-order valence-electron chi connectivity index (χ4n) is 2.03. The number of rotatable bonds is 5. The molecule has 1 aliphatic heterocycles. The normalized spacial score (nSPS) is 17.8. The minimum Gasteiger partial charge on any atom is -0.359 e. The van der Waals surface area contributed by atoms with Crippen LogP contribution in [0.25, 0.3) is 10.4 Å². The zero-order chi connectivity index (χ0) is 11.8. The molecular formula is C10H19N5O. The van der Waals surface area contributed by atoms with E-state index in [1.165, 1.54) is 0 Å². The van der Waals surface area contributed by atoms with Crippen molar-refractivity contribution < 1.29 is 4.79 Å². The van der Waals surface area contributed by atoms with E-state index in [9.17, 15) is 4.79 Å². The molecule has 1 saturated heterocycles. The number of piperidine rings is 1. The first-order valence-electron chi connectivity index (χ1n) is 5.72. The van der Waals surface area contributed by atoms with Gasteiger partial charge in [-0.3, -0.25) is 4.79 Å². The van der Waals surface area contributed by atoms with Crippen molar-refractivity contribution in [3.05, 3.63) is 10.4 Å². The van der Waals surface area contributed by atoms with E-state index >= 15 is 0 Å². The van der Waals surface area contributed by atoms with Gasteiger partial charge in [0.25, 0.3) is 0 Å². The summed E-state index contributed by atoms with van der Waals surface area (Å²) in [7, 11) is 1.69. The fourth-order valence-corrected chi connectivity index (χ4v) is 2.03. The van der Waals surface area contributed by atoms with Gasteiger partial charge in [-0.2, -0.15) is 0 Å². The van der Waals surface area contributed by atoms with Crippen molar-refractivity contribution in [2.45, 2.75) is 19.3 Å². The summed E-state index contributed by atoms with van der Waals surface area (Å²) in [5, 5.41) is 6.20. The van der Waals surface area contributed by atoms with Crippen LogP contribution in [0, 0.1) is 5.92 Å². The number of nitrogens with zero attached hydrogens (tertiary/aromatic N) is 4. The van der Waals surface area contributed by atoms with Gasteiger partial charge in [-0.05, 0) is 44.4 Å². The van der Waals surface area contributed by atoms with E-state index < -0.39 is 0 Å². The van der Waals surface area contributed by atoms with E-state index in [1.54, 1.807) is 7.05 Å². The molecule has 0 spiro atoms. The van der Waals surface area contributed by atoms with E-state index in [2.05, 4.69) is 20.2 Å². The second-order valence-corrected chi connectivity index (χ2v) is 4.04. The standard InChI is InChI=1S/C10H19N5O/c1-12-10(16)9-3-7-15(8-4-9)6-2-5-13-14-11/h9H,2-8H2,1H3,(H,12,16). The van der Waals surface area contributed by atoms with Crippen molar-refractivity contribution >= 4 is 5.91 Å². The predicted molar refractivity (Wildman–Crippen MR) is 61.9 cm³/mol. The lowest BCUT2D eigenvalue weighted by atomic mass is 9.96. The van der Waals surface area contributed by atoms with Gasteiger partial charge in [0, 0.05) is 24.4 Å². The average Bonchev–Trinajstić information content (AvgIpc) is 2.34. The van der Waals surface area contributed by atoms with Gasteiger partial charge in [0.1, 0.15) is 0 Å². The van der Waals surface area contributed by atoms with Crippen molar-refractivity contribution in [3.8, 4) is 0 Å². The van der Waals surface area contributed by atoms with Crippen LogP contribution in [-0.2, 0) is 4.79 Å². The first-order valence-corrected chi connectivity index (χ1v) is 5.72. The van der Waals surface area contributed by atoms with Gasteiger partial charge in [-0.25, -0.2) is 0 Å². The maximum atomic E-state index is 11.4. The summed E-state index contributed by atoms with van der Waals surface area (Å²) in [6.07, 6.45) is 2.76. The van der Waals surface area contributed by atoms with Crippen molar-refractivity contribution in [3.63, 3.8) is 0 Å². The molecule has 0 saturated carbocycles. The fraction of sp³-hybridized carbons (Fsp3) is 0.900. The third-order valence-electron chi connectivity index (χ3n) is 3.00. The molecule has 90 valence electrons. The maximum absolute atomic E-state index is 11.4. The highest BCUT2D eigenvalue weighted by atomic mass is 16.1. The minimum absolute atomic E-state index is 0.161. The number of carbonyl (C=O) groups excluding carboxylic acids is 1. The number of nitrogens with one attached hydrogen (secondary N) is 1. The minimum atomic E-state index is 0.161. The Morgan fingerprint density at radius 1 is 1.56 bits per heavy atom. The topological polar surface area (TPSA) is 81.1 Å². The molecule has 1 rings (SSSR count). The smallest absolute Gasteiger partial charge is 0.222 e. The van der Waals surface area contributed by atoms with E-state index in [0.29, 0.717) is 6.54 Å². The van der Waals surface area contributed by atoms with E-state index in [-0.39, 0.29) is 11.8 Å². The summed E-state index contributed by atoms with van der Waals surface area (Å²) in [5.74, 6) is 0.340. The van der Waals surface area contributed by atoms with E-state index in [0.717, 1.165) is 38.9 Å². The summed E-state index contributed by atoms with van der Waals surface area (Å²) < 4.78 is 0. The van der Waals surface area contributed by atoms with Crippen molar-refractivity contribution in [1.82, 2.24) is 10.2 Å². The second kappa shape index (κ2) is 7.09. The number of likely N-dealkylation sites (tertiary alicyclic amines) is 1. The van der Waals surface area contributed by atoms with Crippen LogP contribution < -0.4 is 5.32 Å². The molecule has 0 radical (unpaired) electrons. The molecule has 16 heavy (non-hydrogen) atoms. The van der Waals surface area contributed by atoms with E-state index in [4.69, 9.17) is 5.53 Å². The van der Waals surface area contributed by atoms with Crippen LogP contribution in [-0.4, -0.2) is 44.0 Å². The summed E-state index contributed by atoms with van der Waals surface area (Å²) >= 11 is 0. The Hall–Kier alpha value is -1.26. The number of azide groups is 1. The number of carbonyl (C=O) groups is 1. The molecule has 1 amide bonds. The van der Waals surface area contributed by atoms with Crippen LogP contribution in [0.2, 0.25) is 0 Å². The highest BCUT2D eigenvalue weighted by molar-refractivity contribution is 5.78. The Morgan fingerprint density at radius 3 is 2.81 bits per heavy atom. The summed E-state index contributed by atoms with van der Waals surface area (Å²) in [5.41, 5.74) is 8.13. The zero-order valence-corrected chi connectivity index (χ0v) is 9.72. The lowest BCUT2D eigenvalue weighted by Crippen LogP contribution is -2.40. The monoisotopic (exact) mass is 225 g/mol. The lowest BCUT2D eigenvalue weighted by molar-refractivity contribution is -0.125. The van der Waals surface area contributed by atoms with Crippen LogP contribution >= 0.6 is 0 Å². The molecule has 1 fully saturated rings. The van der Waals surface area contributed by atoms with E-state index in [1.807, 2.05) is 0 Å². The molecule has 0 aliphatic carbocycles. The third kappa shape index (κ3) is 4.08. The van der Waals surface area contributed by atoms with Crippen molar-refractivity contribution in [2.24, 2.45) is 11.0 Å². The molecular weight excluding hydrogens is 206 g/mol. The first-order chi connectivity index (χ1) is 7.77. The Kier molecular flexibility index (Phi) is 5.67. The van der Waals surface area contributed by atoms with Crippen LogP contribution in [0.5, 0.6) is 0 Å². The van der Waals surface area contributed by atoms with Gasteiger partial charge in [-0.15, -0.1) is 0 Å². The van der Waals surface area contributed by atoms with Crippen LogP contribution in [0.1, 0.15) is 19.3 Å². The zero-order valence-electron chi connectivity index (χ0n) is 9.72. The van der Waals surface area contributed by atoms with Gasteiger partial charge >= 0.3 is 0 Å². The highest BCUT2D eigenvalue weighted by Gasteiger charge is 2.23. The lowest BCUT2D eigenvalue weighted by Gasteiger charge is -2.30. The van der Waals surface area contributed by atoms with Gasteiger partial charge in [0.2, 0.25) is 5.91 Å². The van der Waals surface area contributed by atoms with Gasteiger partial charge in [-0.1, -0.05) is 5.11 Å². The second-order valence-electron chi connectivity index (χ2n) is 4.04. The summed E-state index contributed by atoms with van der Waals surface area (Å²) in [6, 6.07) is 0. The third-order valence-corrected chi connectivity index (χ3v) is 3.00. The number of hydrogen-bond donors (Lipinski definition) is 1. The predicted octanol–water partition coefficient (Wildman–Crippen LogP) is 1.14. The Balaban J connectivity index is 2.16. The Morgan fingerprint density at radius 2 is 2.25 bits per heavy atom. The van der Waals surface area contributed by atoms with Crippen LogP contribution in [0.15, 0.2) is 5.11 Å². The molecule has 0 unspecified atom stereocenters. The molecule has 6 heteroatoms. The molecule has 1 N–H and O–H groups in total. The number of amides is 1. The molecule has 0 aromatic rings. The van der Waals surface area contributed by atoms with Gasteiger partial charge < -0.3 is 10.2 Å². The van der Waals surface area contributed by atoms with Crippen LogP contribution in [0.4, 0.5) is 0 Å². The molecule has 0 bridgehead atoms. The Bertz CT molecular complexity index is 266. The maximum Gasteiger partial charge on any atom is 0.222 e. The largest absolute Gasteiger partial charge is 0.359 e. The molecule has 0 aromatic heterocycles. The van der Waals surface area contributed by atoms with Crippen molar-refractivity contribution in [1.29, 1.82) is 0 Å². The molecule has 0 aromatic carbocycles. The SMILES string of the molecule is CNC(=O)C1CCN(CCCN=[N+]=[N-])CC1. The molecule has 6 nitrogen and oxygen atoms in total. The molecule has 1 heterocycles. The molecule has 0 atom stereocenters. The first kappa shape index (κ1) is 12.8. The number of hydrogen-bond acceptors (Lipinski definition) is 3. The summed E-state index contributed by atoms with van der Waals surface area (Å²) in [4.78, 5) is 16.4. The molecule has 1 aliphatic rings. The Labute approximate surface area is 95.6 Å². The summed E-state index contributed by atoms with van der Waals surface area (Å²) in [6.45, 7) is 3.45. The average molecular weight is 225 g/mol. The van der Waals surface area contributed by atoms with Crippen LogP contribution in [0.3, 0.4) is 0 Å².